The lowest BCUT2D eigenvalue weighted by molar-refractivity contribution is -0.116. The monoisotopic (exact) mass is 383 g/mol. The zero-order chi connectivity index (χ0) is 19.3. The van der Waals surface area contributed by atoms with Gasteiger partial charge in [0, 0.05) is 37.5 Å². The van der Waals surface area contributed by atoms with Crippen molar-refractivity contribution in [3.63, 3.8) is 0 Å². The number of hydrogen-bond donors (Lipinski definition) is 2. The first-order valence-electron chi connectivity index (χ1n) is 9.81. The molecule has 0 saturated carbocycles. The molecule has 0 atom stereocenters. The molecule has 1 saturated heterocycles. The van der Waals surface area contributed by atoms with Crippen LogP contribution in [0.2, 0.25) is 0 Å². The molecule has 0 unspecified atom stereocenters. The molecule has 2 N–H and O–H groups in total. The van der Waals surface area contributed by atoms with Crippen LogP contribution in [0, 0.1) is 5.92 Å². The van der Waals surface area contributed by atoms with Crippen molar-refractivity contribution in [3.8, 4) is 11.5 Å². The summed E-state index contributed by atoms with van der Waals surface area (Å²) in [6, 6.07) is 9.09. The molecule has 4 rings (SSSR count). The molecule has 2 aromatic rings. The van der Waals surface area contributed by atoms with Gasteiger partial charge in [0.2, 0.25) is 5.91 Å². The molecule has 7 heteroatoms. The molecule has 1 aromatic heterocycles. The minimum atomic E-state index is 0.00145. The largest absolute Gasteiger partial charge is 0.486 e. The van der Waals surface area contributed by atoms with Gasteiger partial charge in [-0.15, -0.1) is 0 Å². The SMILES string of the molecule is O=C(CCC1CCN(C(=O)c2ccc[nH]2)CC1)Nc1ccc2c(c1)OCCO2. The van der Waals surface area contributed by atoms with Gasteiger partial charge in [0.25, 0.3) is 5.91 Å². The fraction of sp³-hybridized carbons (Fsp3) is 0.429. The molecule has 0 aliphatic carbocycles. The van der Waals surface area contributed by atoms with Crippen molar-refractivity contribution >= 4 is 17.5 Å². The van der Waals surface area contributed by atoms with Crippen LogP contribution in [0.4, 0.5) is 5.69 Å². The summed E-state index contributed by atoms with van der Waals surface area (Å²) in [4.78, 5) is 29.5. The van der Waals surface area contributed by atoms with Gasteiger partial charge in [-0.05, 0) is 49.4 Å². The molecular weight excluding hydrogens is 358 g/mol. The normalized spacial score (nSPS) is 16.6. The van der Waals surface area contributed by atoms with E-state index < -0.39 is 0 Å². The molecule has 0 bridgehead atoms. The number of benzene rings is 1. The minimum absolute atomic E-state index is 0.00145. The summed E-state index contributed by atoms with van der Waals surface area (Å²) in [6.07, 6.45) is 4.94. The van der Waals surface area contributed by atoms with Crippen LogP contribution in [-0.4, -0.2) is 48.0 Å². The smallest absolute Gasteiger partial charge is 0.270 e. The Bertz CT molecular complexity index is 826. The van der Waals surface area contributed by atoms with E-state index in [1.54, 1.807) is 18.3 Å². The van der Waals surface area contributed by atoms with Gasteiger partial charge < -0.3 is 24.7 Å². The number of aromatic amines is 1. The zero-order valence-corrected chi connectivity index (χ0v) is 15.8. The number of carbonyl (C=O) groups excluding carboxylic acids is 2. The number of nitrogens with zero attached hydrogens (tertiary/aromatic N) is 1. The van der Waals surface area contributed by atoms with Crippen LogP contribution in [0.1, 0.15) is 36.2 Å². The van der Waals surface area contributed by atoms with Crippen molar-refractivity contribution in [3.05, 3.63) is 42.2 Å². The van der Waals surface area contributed by atoms with Crippen LogP contribution in [0.25, 0.3) is 0 Å². The highest BCUT2D eigenvalue weighted by atomic mass is 16.6. The lowest BCUT2D eigenvalue weighted by Gasteiger charge is -2.31. The van der Waals surface area contributed by atoms with E-state index in [1.807, 2.05) is 23.1 Å². The third kappa shape index (κ3) is 4.30. The van der Waals surface area contributed by atoms with E-state index in [0.29, 0.717) is 42.7 Å². The fourth-order valence-corrected chi connectivity index (χ4v) is 3.74. The topological polar surface area (TPSA) is 83.7 Å². The first-order valence-corrected chi connectivity index (χ1v) is 9.81. The molecule has 0 spiro atoms. The van der Waals surface area contributed by atoms with Crippen LogP contribution < -0.4 is 14.8 Å². The number of likely N-dealkylation sites (tertiary alicyclic amines) is 1. The predicted molar refractivity (Wildman–Crippen MR) is 105 cm³/mol. The number of rotatable bonds is 5. The maximum Gasteiger partial charge on any atom is 0.270 e. The maximum absolute atomic E-state index is 12.4. The number of H-pyrrole nitrogens is 1. The number of aromatic nitrogens is 1. The number of amides is 2. The molecule has 148 valence electrons. The van der Waals surface area contributed by atoms with Gasteiger partial charge in [-0.2, -0.15) is 0 Å². The highest BCUT2D eigenvalue weighted by molar-refractivity contribution is 5.92. The van der Waals surface area contributed by atoms with Gasteiger partial charge in [-0.25, -0.2) is 0 Å². The second-order valence-corrected chi connectivity index (χ2v) is 7.26. The van der Waals surface area contributed by atoms with Crippen molar-refractivity contribution < 1.29 is 19.1 Å². The van der Waals surface area contributed by atoms with E-state index >= 15 is 0 Å². The summed E-state index contributed by atoms with van der Waals surface area (Å²) < 4.78 is 11.0. The molecule has 7 nitrogen and oxygen atoms in total. The molecular formula is C21H25N3O4. The number of piperidine rings is 1. The van der Waals surface area contributed by atoms with E-state index in [1.165, 1.54) is 0 Å². The predicted octanol–water partition coefficient (Wildman–Crippen LogP) is 3.06. The maximum atomic E-state index is 12.4. The van der Waals surface area contributed by atoms with Gasteiger partial charge >= 0.3 is 0 Å². The Hall–Kier alpha value is -2.96. The first-order chi connectivity index (χ1) is 13.7. The van der Waals surface area contributed by atoms with Gasteiger partial charge in [0.05, 0.1) is 0 Å². The Morgan fingerprint density at radius 2 is 1.89 bits per heavy atom. The van der Waals surface area contributed by atoms with Crippen LogP contribution in [0.5, 0.6) is 11.5 Å². The lowest BCUT2D eigenvalue weighted by atomic mass is 9.92. The third-order valence-electron chi connectivity index (χ3n) is 5.34. The van der Waals surface area contributed by atoms with E-state index in [0.717, 1.165) is 38.0 Å². The molecule has 1 fully saturated rings. The molecule has 3 heterocycles. The van der Waals surface area contributed by atoms with Crippen molar-refractivity contribution in [2.24, 2.45) is 5.92 Å². The Kier molecular flexibility index (Phi) is 5.50. The summed E-state index contributed by atoms with van der Waals surface area (Å²) in [5, 5.41) is 2.93. The van der Waals surface area contributed by atoms with E-state index in [4.69, 9.17) is 9.47 Å². The highest BCUT2D eigenvalue weighted by Crippen LogP contribution is 2.32. The Labute approximate surface area is 164 Å². The van der Waals surface area contributed by atoms with Crippen molar-refractivity contribution in [1.29, 1.82) is 0 Å². The highest BCUT2D eigenvalue weighted by Gasteiger charge is 2.24. The molecule has 2 aliphatic heterocycles. The molecule has 28 heavy (non-hydrogen) atoms. The minimum Gasteiger partial charge on any atom is -0.486 e. The Morgan fingerprint density at radius 3 is 2.64 bits per heavy atom. The lowest BCUT2D eigenvalue weighted by Crippen LogP contribution is -2.38. The Morgan fingerprint density at radius 1 is 1.11 bits per heavy atom. The van der Waals surface area contributed by atoms with Crippen molar-refractivity contribution in [2.45, 2.75) is 25.7 Å². The van der Waals surface area contributed by atoms with Gasteiger partial charge in [-0.1, -0.05) is 0 Å². The quantitative estimate of drug-likeness (QED) is 0.831. The summed E-state index contributed by atoms with van der Waals surface area (Å²) in [6.45, 7) is 2.56. The number of ether oxygens (including phenoxy) is 2. The van der Waals surface area contributed by atoms with Crippen molar-refractivity contribution in [1.82, 2.24) is 9.88 Å². The summed E-state index contributed by atoms with van der Waals surface area (Å²) in [5.41, 5.74) is 1.36. The second kappa shape index (κ2) is 8.37. The standard InChI is InChI=1S/C21H25N3O4/c25-20(23-16-4-5-18-19(14-16)28-13-12-27-18)6-3-15-7-10-24(11-8-15)21(26)17-2-1-9-22-17/h1-2,4-5,9,14-15,22H,3,6-8,10-13H2,(H,23,25). The molecule has 1 aromatic carbocycles. The van der Waals surface area contributed by atoms with E-state index in [9.17, 15) is 9.59 Å². The van der Waals surface area contributed by atoms with Crippen LogP contribution in [0.15, 0.2) is 36.5 Å². The number of carbonyl (C=O) groups is 2. The fourth-order valence-electron chi connectivity index (χ4n) is 3.74. The number of nitrogens with one attached hydrogen (secondary N) is 2. The molecule has 2 amide bonds. The molecule has 0 radical (unpaired) electrons. The second-order valence-electron chi connectivity index (χ2n) is 7.26. The Balaban J connectivity index is 1.21. The summed E-state index contributed by atoms with van der Waals surface area (Å²) in [7, 11) is 0. The van der Waals surface area contributed by atoms with Crippen LogP contribution in [-0.2, 0) is 4.79 Å². The van der Waals surface area contributed by atoms with Crippen molar-refractivity contribution in [2.75, 3.05) is 31.6 Å². The van der Waals surface area contributed by atoms with E-state index in [2.05, 4.69) is 10.3 Å². The zero-order valence-electron chi connectivity index (χ0n) is 15.8. The van der Waals surface area contributed by atoms with Gasteiger partial charge in [-0.3, -0.25) is 9.59 Å². The number of fused-ring (bicyclic) bond motifs is 1. The first kappa shape index (κ1) is 18.4. The average molecular weight is 383 g/mol. The van der Waals surface area contributed by atoms with Gasteiger partial charge in [0.1, 0.15) is 18.9 Å². The summed E-state index contributed by atoms with van der Waals surface area (Å²) >= 11 is 0. The molecule has 2 aliphatic rings. The van der Waals surface area contributed by atoms with Crippen LogP contribution >= 0.6 is 0 Å². The average Bonchev–Trinajstić information content (AvgIpc) is 3.27. The van der Waals surface area contributed by atoms with Gasteiger partial charge in [0.15, 0.2) is 11.5 Å². The van der Waals surface area contributed by atoms with Crippen LogP contribution in [0.3, 0.4) is 0 Å². The number of anilines is 1. The van der Waals surface area contributed by atoms with E-state index in [-0.39, 0.29) is 11.8 Å². The summed E-state index contributed by atoms with van der Waals surface area (Å²) in [5.74, 6) is 1.91. The third-order valence-corrected chi connectivity index (χ3v) is 5.34. The number of hydrogen-bond acceptors (Lipinski definition) is 4.